The summed E-state index contributed by atoms with van der Waals surface area (Å²) in [6, 6.07) is 6.13. The summed E-state index contributed by atoms with van der Waals surface area (Å²) in [7, 11) is 0. The van der Waals surface area contributed by atoms with Crippen molar-refractivity contribution in [3.8, 4) is 0 Å². The first kappa shape index (κ1) is 12.0. The highest BCUT2D eigenvalue weighted by Gasteiger charge is 2.43. The Labute approximate surface area is 100.0 Å². The first-order chi connectivity index (χ1) is 8.16. The third kappa shape index (κ3) is 2.47. The second kappa shape index (κ2) is 4.84. The zero-order chi connectivity index (χ0) is 12.3. The summed E-state index contributed by atoms with van der Waals surface area (Å²) in [6.07, 6.45) is 0.780. The van der Waals surface area contributed by atoms with E-state index in [1.165, 1.54) is 12.1 Å². The second-order valence-electron chi connectivity index (χ2n) is 4.44. The van der Waals surface area contributed by atoms with Gasteiger partial charge in [0, 0.05) is 6.54 Å². The molecule has 1 heterocycles. The van der Waals surface area contributed by atoms with Crippen LogP contribution in [0.1, 0.15) is 18.9 Å². The van der Waals surface area contributed by atoms with Gasteiger partial charge in [-0.2, -0.15) is 0 Å². The van der Waals surface area contributed by atoms with Gasteiger partial charge in [-0.05, 0) is 24.1 Å². The Balaban J connectivity index is 1.90. The van der Waals surface area contributed by atoms with Gasteiger partial charge in [-0.15, -0.1) is 0 Å². The molecular weight excluding hydrogens is 221 g/mol. The second-order valence-corrected chi connectivity index (χ2v) is 4.44. The number of hydrogen-bond donors (Lipinski definition) is 1. The number of nitrogens with one attached hydrogen (secondary N) is 1. The van der Waals surface area contributed by atoms with E-state index in [4.69, 9.17) is 4.74 Å². The molecule has 1 aromatic rings. The summed E-state index contributed by atoms with van der Waals surface area (Å²) in [4.78, 5) is 12.0. The van der Waals surface area contributed by atoms with E-state index in [-0.39, 0.29) is 17.1 Å². The van der Waals surface area contributed by atoms with E-state index in [2.05, 4.69) is 5.32 Å². The number of halogens is 1. The smallest absolute Gasteiger partial charge is 0.231 e. The van der Waals surface area contributed by atoms with Crippen molar-refractivity contribution >= 4 is 5.91 Å². The van der Waals surface area contributed by atoms with Gasteiger partial charge >= 0.3 is 0 Å². The molecule has 17 heavy (non-hydrogen) atoms. The largest absolute Gasteiger partial charge is 0.379 e. The van der Waals surface area contributed by atoms with Gasteiger partial charge in [0.25, 0.3) is 0 Å². The highest BCUT2D eigenvalue weighted by atomic mass is 19.1. The van der Waals surface area contributed by atoms with Crippen molar-refractivity contribution < 1.29 is 13.9 Å². The Bertz CT molecular complexity index is 393. The van der Waals surface area contributed by atoms with Crippen LogP contribution in [0.25, 0.3) is 0 Å². The maximum absolute atomic E-state index is 12.7. The van der Waals surface area contributed by atoms with Gasteiger partial charge in [0.05, 0.1) is 18.6 Å². The van der Waals surface area contributed by atoms with Crippen LogP contribution < -0.4 is 5.32 Å². The topological polar surface area (TPSA) is 38.3 Å². The molecule has 0 atom stereocenters. The first-order valence-electron chi connectivity index (χ1n) is 5.77. The van der Waals surface area contributed by atoms with Crippen molar-refractivity contribution in [2.24, 2.45) is 5.41 Å². The van der Waals surface area contributed by atoms with Crippen molar-refractivity contribution in [2.75, 3.05) is 13.2 Å². The van der Waals surface area contributed by atoms with Gasteiger partial charge in [-0.1, -0.05) is 19.1 Å². The molecule has 2 rings (SSSR count). The Morgan fingerprint density at radius 2 is 2.06 bits per heavy atom. The molecule has 0 aliphatic carbocycles. The third-order valence-corrected chi connectivity index (χ3v) is 3.28. The van der Waals surface area contributed by atoms with Crippen LogP contribution in [0.3, 0.4) is 0 Å². The van der Waals surface area contributed by atoms with Crippen LogP contribution in [0.4, 0.5) is 4.39 Å². The summed E-state index contributed by atoms with van der Waals surface area (Å²) in [5.41, 5.74) is 0.547. The lowest BCUT2D eigenvalue weighted by molar-refractivity contribution is -0.162. The van der Waals surface area contributed by atoms with Crippen LogP contribution >= 0.6 is 0 Å². The molecule has 0 spiro atoms. The molecule has 1 aliphatic heterocycles. The third-order valence-electron chi connectivity index (χ3n) is 3.28. The summed E-state index contributed by atoms with van der Waals surface area (Å²) >= 11 is 0. The molecule has 0 saturated carbocycles. The van der Waals surface area contributed by atoms with Gasteiger partial charge < -0.3 is 10.1 Å². The Hall–Kier alpha value is -1.42. The summed E-state index contributed by atoms with van der Waals surface area (Å²) in [5, 5.41) is 2.87. The monoisotopic (exact) mass is 237 g/mol. The molecule has 1 saturated heterocycles. The zero-order valence-corrected chi connectivity index (χ0v) is 9.83. The Kier molecular flexibility index (Phi) is 3.43. The lowest BCUT2D eigenvalue weighted by Gasteiger charge is -2.39. The van der Waals surface area contributed by atoms with Gasteiger partial charge in [0.1, 0.15) is 5.82 Å². The predicted octanol–water partition coefficient (Wildman–Crippen LogP) is 1.87. The number of rotatable bonds is 4. The van der Waals surface area contributed by atoms with Gasteiger partial charge in [0.2, 0.25) is 5.91 Å². The Morgan fingerprint density at radius 1 is 1.41 bits per heavy atom. The molecule has 0 radical (unpaired) electrons. The zero-order valence-electron chi connectivity index (χ0n) is 9.83. The van der Waals surface area contributed by atoms with E-state index in [0.717, 1.165) is 12.0 Å². The summed E-state index contributed by atoms with van der Waals surface area (Å²) < 4.78 is 17.8. The Morgan fingerprint density at radius 3 is 2.53 bits per heavy atom. The number of carbonyl (C=O) groups is 1. The molecule has 3 nitrogen and oxygen atoms in total. The lowest BCUT2D eigenvalue weighted by atomic mass is 9.82. The maximum Gasteiger partial charge on any atom is 0.231 e. The van der Waals surface area contributed by atoms with Crippen LogP contribution in [-0.4, -0.2) is 19.1 Å². The van der Waals surface area contributed by atoms with E-state index >= 15 is 0 Å². The molecular formula is C13H16FNO2. The van der Waals surface area contributed by atoms with E-state index in [1.807, 2.05) is 6.92 Å². The fourth-order valence-electron chi connectivity index (χ4n) is 1.82. The molecule has 0 unspecified atom stereocenters. The fraction of sp³-hybridized carbons (Fsp3) is 0.462. The van der Waals surface area contributed by atoms with Crippen molar-refractivity contribution in [3.05, 3.63) is 35.6 Å². The lowest BCUT2D eigenvalue weighted by Crippen LogP contribution is -2.53. The summed E-state index contributed by atoms with van der Waals surface area (Å²) in [6.45, 7) is 3.42. The minimum atomic E-state index is -0.347. The first-order valence-corrected chi connectivity index (χ1v) is 5.77. The van der Waals surface area contributed by atoms with Crippen molar-refractivity contribution in [2.45, 2.75) is 19.9 Å². The number of carbonyl (C=O) groups excluding carboxylic acids is 1. The summed E-state index contributed by atoms with van der Waals surface area (Å²) in [5.74, 6) is -0.243. The minimum absolute atomic E-state index is 0.0237. The van der Waals surface area contributed by atoms with Gasteiger partial charge in [0.15, 0.2) is 0 Å². The molecule has 1 N–H and O–H groups in total. The quantitative estimate of drug-likeness (QED) is 0.868. The van der Waals surface area contributed by atoms with Crippen LogP contribution in [0.5, 0.6) is 0 Å². The van der Waals surface area contributed by atoms with Gasteiger partial charge in [-0.25, -0.2) is 4.39 Å². The van der Waals surface area contributed by atoms with Gasteiger partial charge in [-0.3, -0.25) is 4.79 Å². The van der Waals surface area contributed by atoms with Crippen molar-refractivity contribution in [1.82, 2.24) is 5.32 Å². The van der Waals surface area contributed by atoms with Crippen LogP contribution in [0.15, 0.2) is 24.3 Å². The molecule has 1 amide bonds. The fourth-order valence-corrected chi connectivity index (χ4v) is 1.82. The molecule has 0 aromatic heterocycles. The molecule has 1 aliphatic rings. The van der Waals surface area contributed by atoms with Crippen LogP contribution in [0, 0.1) is 11.2 Å². The highest BCUT2D eigenvalue weighted by molar-refractivity contribution is 5.83. The molecule has 0 bridgehead atoms. The number of amides is 1. The molecule has 4 heteroatoms. The van der Waals surface area contributed by atoms with Crippen molar-refractivity contribution in [3.63, 3.8) is 0 Å². The van der Waals surface area contributed by atoms with Crippen LogP contribution in [-0.2, 0) is 16.1 Å². The predicted molar refractivity (Wildman–Crippen MR) is 61.8 cm³/mol. The van der Waals surface area contributed by atoms with E-state index in [0.29, 0.717) is 19.8 Å². The SMILES string of the molecule is CCC1(C(=O)NCc2ccc(F)cc2)COC1. The van der Waals surface area contributed by atoms with E-state index < -0.39 is 0 Å². The normalized spacial score (nSPS) is 17.3. The van der Waals surface area contributed by atoms with E-state index in [9.17, 15) is 9.18 Å². The van der Waals surface area contributed by atoms with Crippen LogP contribution in [0.2, 0.25) is 0 Å². The molecule has 1 aromatic carbocycles. The van der Waals surface area contributed by atoms with Crippen molar-refractivity contribution in [1.29, 1.82) is 0 Å². The standard InChI is InChI=1S/C13H16FNO2/c1-2-13(8-17-9-13)12(16)15-7-10-3-5-11(14)6-4-10/h3-6H,2,7-9H2,1H3,(H,15,16). The maximum atomic E-state index is 12.7. The average Bonchev–Trinajstić information content (AvgIpc) is 2.27. The average molecular weight is 237 g/mol. The van der Waals surface area contributed by atoms with E-state index in [1.54, 1.807) is 12.1 Å². The minimum Gasteiger partial charge on any atom is -0.379 e. The number of benzene rings is 1. The molecule has 92 valence electrons. The number of ether oxygens (including phenoxy) is 1. The number of hydrogen-bond acceptors (Lipinski definition) is 2. The molecule has 1 fully saturated rings. The highest BCUT2D eigenvalue weighted by Crippen LogP contribution is 2.31.